The summed E-state index contributed by atoms with van der Waals surface area (Å²) in [4.78, 5) is 51.0. The summed E-state index contributed by atoms with van der Waals surface area (Å²) < 4.78 is 10.7. The number of carbonyl (C=O) groups excluding carboxylic acids is 4. The fourth-order valence-electron chi connectivity index (χ4n) is 4.93. The Morgan fingerprint density at radius 2 is 1.06 bits per heavy atom. The maximum Gasteiger partial charge on any atom is 0.310 e. The maximum atomic E-state index is 13.0. The predicted molar refractivity (Wildman–Crippen MR) is 130 cm³/mol. The fourth-order valence-corrected chi connectivity index (χ4v) is 4.93. The van der Waals surface area contributed by atoms with E-state index in [0.29, 0.717) is 17.5 Å². The molecule has 4 rings (SSSR count). The molecule has 0 aliphatic heterocycles. The van der Waals surface area contributed by atoms with Gasteiger partial charge in [0, 0.05) is 11.1 Å². The van der Waals surface area contributed by atoms with E-state index >= 15 is 0 Å². The molecule has 0 N–H and O–H groups in total. The number of esters is 2. The monoisotopic (exact) mass is 474 g/mol. The van der Waals surface area contributed by atoms with Crippen LogP contribution in [0.3, 0.4) is 0 Å². The number of hydrogen-bond donors (Lipinski definition) is 0. The summed E-state index contributed by atoms with van der Waals surface area (Å²) in [6, 6.07) is 10.7. The quantitative estimate of drug-likeness (QED) is 0.318. The number of ketones is 2. The van der Waals surface area contributed by atoms with Crippen LogP contribution in [0.25, 0.3) is 0 Å². The van der Waals surface area contributed by atoms with Crippen molar-refractivity contribution in [1.29, 1.82) is 0 Å². The van der Waals surface area contributed by atoms with Crippen LogP contribution in [0, 0.1) is 51.4 Å². The third-order valence-corrected chi connectivity index (χ3v) is 7.35. The second kappa shape index (κ2) is 9.98. The van der Waals surface area contributed by atoms with Gasteiger partial charge in [-0.25, -0.2) is 0 Å². The van der Waals surface area contributed by atoms with E-state index < -0.39 is 23.8 Å². The van der Waals surface area contributed by atoms with Crippen molar-refractivity contribution in [3.63, 3.8) is 0 Å². The van der Waals surface area contributed by atoms with Gasteiger partial charge in [0.25, 0.3) is 0 Å². The minimum atomic E-state index is -0.721. The molecule has 0 heterocycles. The third kappa shape index (κ3) is 5.11. The normalized spacial score (nSPS) is 22.2. The van der Waals surface area contributed by atoms with E-state index in [1.807, 2.05) is 52.0 Å². The van der Waals surface area contributed by atoms with Crippen LogP contribution in [-0.2, 0) is 19.1 Å². The van der Waals surface area contributed by atoms with E-state index in [1.165, 1.54) is 0 Å². The molecular weight excluding hydrogens is 444 g/mol. The Morgan fingerprint density at radius 1 is 0.657 bits per heavy atom. The topological polar surface area (TPSA) is 86.7 Å². The largest absolute Gasteiger partial charge is 0.457 e. The minimum Gasteiger partial charge on any atom is -0.457 e. The van der Waals surface area contributed by atoms with Gasteiger partial charge in [0.15, 0.2) is 24.8 Å². The van der Waals surface area contributed by atoms with E-state index in [0.717, 1.165) is 22.3 Å². The number of aryl methyl sites for hydroxylation is 4. The molecule has 6 heteroatoms. The van der Waals surface area contributed by atoms with Crippen molar-refractivity contribution >= 4 is 23.5 Å². The summed E-state index contributed by atoms with van der Waals surface area (Å²) in [7, 11) is 0. The molecule has 0 amide bonds. The van der Waals surface area contributed by atoms with Crippen LogP contribution in [0.2, 0.25) is 0 Å². The fraction of sp³-hybridized carbons (Fsp3) is 0.379. The number of carbonyl (C=O) groups is 4. The summed E-state index contributed by atoms with van der Waals surface area (Å²) in [6.07, 6.45) is 4.49. The molecule has 0 aromatic heterocycles. The Bertz CT molecular complexity index is 1130. The van der Waals surface area contributed by atoms with Gasteiger partial charge in [0.2, 0.25) is 0 Å². The first kappa shape index (κ1) is 24.6. The van der Waals surface area contributed by atoms with Crippen LogP contribution in [0.1, 0.15) is 49.4 Å². The molecule has 2 aromatic rings. The number of hydrogen-bond acceptors (Lipinski definition) is 6. The van der Waals surface area contributed by atoms with Crippen LogP contribution in [-0.4, -0.2) is 36.7 Å². The zero-order chi connectivity index (χ0) is 25.3. The second-order valence-electron chi connectivity index (χ2n) is 9.66. The Hall–Kier alpha value is -3.54. The predicted octanol–water partition coefficient (Wildman–Crippen LogP) is 4.51. The minimum absolute atomic E-state index is 0.141. The van der Waals surface area contributed by atoms with E-state index in [9.17, 15) is 19.2 Å². The molecule has 182 valence electrons. The maximum absolute atomic E-state index is 13.0. The van der Waals surface area contributed by atoms with Gasteiger partial charge in [-0.2, -0.15) is 0 Å². The summed E-state index contributed by atoms with van der Waals surface area (Å²) >= 11 is 0. The number of allylic oxidation sites excluding steroid dienone is 2. The molecule has 2 aromatic carbocycles. The Labute approximate surface area is 205 Å². The van der Waals surface area contributed by atoms with Crippen LogP contribution in [0.4, 0.5) is 0 Å². The van der Waals surface area contributed by atoms with Gasteiger partial charge >= 0.3 is 11.9 Å². The Morgan fingerprint density at radius 3 is 1.43 bits per heavy atom. The van der Waals surface area contributed by atoms with Gasteiger partial charge < -0.3 is 9.47 Å². The molecular formula is C29H30O6. The zero-order valence-electron chi connectivity index (χ0n) is 20.5. The van der Waals surface area contributed by atoms with Crippen LogP contribution in [0.15, 0.2) is 48.6 Å². The van der Waals surface area contributed by atoms with Crippen molar-refractivity contribution in [2.75, 3.05) is 13.2 Å². The van der Waals surface area contributed by atoms with Gasteiger partial charge in [-0.05, 0) is 80.3 Å². The van der Waals surface area contributed by atoms with E-state index in [1.54, 1.807) is 24.3 Å². The number of fused-ring (bicyclic) bond motifs is 2. The first-order chi connectivity index (χ1) is 16.7. The molecule has 2 aliphatic carbocycles. The van der Waals surface area contributed by atoms with Crippen molar-refractivity contribution in [3.05, 3.63) is 81.9 Å². The van der Waals surface area contributed by atoms with Crippen molar-refractivity contribution in [2.45, 2.75) is 34.1 Å². The third-order valence-electron chi connectivity index (χ3n) is 7.35. The van der Waals surface area contributed by atoms with Gasteiger partial charge in [0.1, 0.15) is 0 Å². The average molecular weight is 475 g/mol. The highest BCUT2D eigenvalue weighted by atomic mass is 16.5. The smallest absolute Gasteiger partial charge is 0.310 e. The van der Waals surface area contributed by atoms with Gasteiger partial charge in [-0.1, -0.05) is 36.4 Å². The number of ether oxygens (including phenoxy) is 2. The lowest BCUT2D eigenvalue weighted by atomic mass is 9.83. The first-order valence-electron chi connectivity index (χ1n) is 11.9. The van der Waals surface area contributed by atoms with Crippen molar-refractivity contribution in [2.24, 2.45) is 23.7 Å². The molecule has 0 spiro atoms. The Balaban J connectivity index is 1.37. The number of rotatable bonds is 8. The van der Waals surface area contributed by atoms with Crippen LogP contribution < -0.4 is 0 Å². The lowest BCUT2D eigenvalue weighted by Gasteiger charge is -2.24. The van der Waals surface area contributed by atoms with Gasteiger partial charge in [-0.3, -0.25) is 19.2 Å². The molecule has 0 saturated heterocycles. The molecule has 2 bridgehead atoms. The molecule has 1 saturated carbocycles. The summed E-state index contributed by atoms with van der Waals surface area (Å²) in [5.41, 5.74) is 5.08. The van der Waals surface area contributed by atoms with Crippen molar-refractivity contribution < 1.29 is 28.7 Å². The molecule has 4 atom stereocenters. The molecule has 6 nitrogen and oxygen atoms in total. The zero-order valence-corrected chi connectivity index (χ0v) is 20.5. The molecule has 0 radical (unpaired) electrons. The van der Waals surface area contributed by atoms with Crippen molar-refractivity contribution in [3.8, 4) is 0 Å². The summed E-state index contributed by atoms with van der Waals surface area (Å²) in [6.45, 7) is 6.99. The first-order valence-corrected chi connectivity index (χ1v) is 11.9. The number of Topliss-reactive ketones (excluding diaryl/α,β-unsaturated/α-hetero) is 2. The molecule has 1 fully saturated rings. The second-order valence-corrected chi connectivity index (χ2v) is 9.66. The van der Waals surface area contributed by atoms with E-state index in [4.69, 9.17) is 9.47 Å². The summed E-state index contributed by atoms with van der Waals surface area (Å²) in [5.74, 6) is -3.47. The van der Waals surface area contributed by atoms with E-state index in [-0.39, 0.29) is 36.6 Å². The highest BCUT2D eigenvalue weighted by Gasteiger charge is 2.53. The molecule has 2 aliphatic rings. The Kier molecular flexibility index (Phi) is 7.01. The highest BCUT2D eigenvalue weighted by molar-refractivity contribution is 5.99. The van der Waals surface area contributed by atoms with Gasteiger partial charge in [-0.15, -0.1) is 0 Å². The lowest BCUT2D eigenvalue weighted by molar-refractivity contribution is -0.160. The van der Waals surface area contributed by atoms with Crippen molar-refractivity contribution in [1.82, 2.24) is 0 Å². The molecule has 0 unspecified atom stereocenters. The van der Waals surface area contributed by atoms with Crippen LogP contribution >= 0.6 is 0 Å². The lowest BCUT2D eigenvalue weighted by Crippen LogP contribution is -2.36. The standard InChI is InChI=1S/C29H30O6/c1-16-5-7-20(11-18(16)3)24(30)14-34-28(32)26-22-9-10-23(13-22)27(26)29(33)35-15-25(31)21-8-6-17(2)19(4)12-21/h5-12,22-23,26-27H,13-15H2,1-4H3/t22-,23+,26-,27+. The average Bonchev–Trinajstić information content (AvgIpc) is 3.46. The van der Waals surface area contributed by atoms with Crippen LogP contribution in [0.5, 0.6) is 0 Å². The summed E-state index contributed by atoms with van der Waals surface area (Å²) in [5, 5.41) is 0. The van der Waals surface area contributed by atoms with E-state index in [2.05, 4.69) is 0 Å². The molecule has 35 heavy (non-hydrogen) atoms. The van der Waals surface area contributed by atoms with Gasteiger partial charge in [0.05, 0.1) is 11.8 Å². The number of benzene rings is 2. The highest BCUT2D eigenvalue weighted by Crippen LogP contribution is 2.49. The SMILES string of the molecule is Cc1ccc(C(=O)COC(=O)[C@@H]2[C@H](C(=O)OCC(=O)c3ccc(C)c(C)c3)[C@@H]3C=C[C@H]2C3)cc1C.